The minimum atomic E-state index is -4.63. The summed E-state index contributed by atoms with van der Waals surface area (Å²) in [6, 6.07) is 3.14. The number of amides is 4. The van der Waals surface area contributed by atoms with Crippen LogP contribution in [0.2, 0.25) is 0 Å². The molecule has 1 fully saturated rings. The van der Waals surface area contributed by atoms with Gasteiger partial charge >= 0.3 is 12.2 Å². The van der Waals surface area contributed by atoms with Gasteiger partial charge in [0.25, 0.3) is 5.91 Å². The van der Waals surface area contributed by atoms with Gasteiger partial charge in [0.1, 0.15) is 0 Å². The summed E-state index contributed by atoms with van der Waals surface area (Å²) in [6.07, 6.45) is -2.57. The molecule has 3 aliphatic rings. The maximum Gasteiger partial charge on any atom is 0.416 e. The van der Waals surface area contributed by atoms with Crippen molar-refractivity contribution in [3.05, 3.63) is 46.7 Å². The number of alkyl halides is 3. The van der Waals surface area contributed by atoms with Crippen LogP contribution in [0.3, 0.4) is 0 Å². The van der Waals surface area contributed by atoms with E-state index < -0.39 is 29.7 Å². The zero-order chi connectivity index (χ0) is 22.3. The second kappa shape index (κ2) is 7.90. The third-order valence-corrected chi connectivity index (χ3v) is 6.07. The molecule has 0 unspecified atom stereocenters. The molecule has 3 heterocycles. The van der Waals surface area contributed by atoms with Crippen molar-refractivity contribution >= 4 is 17.8 Å². The number of nitrogens with one attached hydrogen (secondary N) is 1. The lowest BCUT2D eigenvalue weighted by Crippen LogP contribution is -2.45. The third kappa shape index (κ3) is 3.86. The number of urea groups is 1. The summed E-state index contributed by atoms with van der Waals surface area (Å²) in [7, 11) is 1.47. The molecule has 0 saturated carbocycles. The average Bonchev–Trinajstić information content (AvgIpc) is 3.37. The number of nitrogens with zero attached hydrogens (tertiary/aromatic N) is 3. The Balaban J connectivity index is 1.60. The van der Waals surface area contributed by atoms with E-state index in [1.165, 1.54) is 35.0 Å². The number of halogens is 3. The number of hydrogen-bond acceptors (Lipinski definition) is 3. The van der Waals surface area contributed by atoms with E-state index in [0.717, 1.165) is 18.9 Å². The van der Waals surface area contributed by atoms with Crippen LogP contribution in [0.15, 0.2) is 35.5 Å². The summed E-state index contributed by atoms with van der Waals surface area (Å²) < 4.78 is 40.7. The normalized spacial score (nSPS) is 21.7. The first kappa shape index (κ1) is 21.2. The van der Waals surface area contributed by atoms with E-state index in [1.807, 2.05) is 0 Å². The van der Waals surface area contributed by atoms with Gasteiger partial charge in [0.15, 0.2) is 0 Å². The second-order valence-electron chi connectivity index (χ2n) is 7.95. The van der Waals surface area contributed by atoms with E-state index in [9.17, 15) is 27.6 Å². The van der Waals surface area contributed by atoms with Crippen LogP contribution in [0, 0.1) is 0 Å². The van der Waals surface area contributed by atoms with Crippen LogP contribution in [0.1, 0.15) is 36.4 Å². The third-order valence-electron chi connectivity index (χ3n) is 6.07. The summed E-state index contributed by atoms with van der Waals surface area (Å²) in [5, 5.41) is 2.53. The molecule has 10 heteroatoms. The Morgan fingerprint density at radius 2 is 1.84 bits per heavy atom. The molecule has 0 spiro atoms. The molecule has 0 aromatic heterocycles. The zero-order valence-electron chi connectivity index (χ0n) is 17.0. The molecule has 3 aliphatic heterocycles. The summed E-state index contributed by atoms with van der Waals surface area (Å²) in [5.41, 5.74) is -0.587. The molecule has 166 valence electrons. The van der Waals surface area contributed by atoms with Crippen LogP contribution in [-0.4, -0.2) is 65.8 Å². The van der Waals surface area contributed by atoms with Crippen LogP contribution >= 0.6 is 0 Å². The number of carbonyl (C=O) groups excluding carboxylic acids is 3. The Kier molecular flexibility index (Phi) is 5.40. The lowest BCUT2D eigenvalue weighted by molar-refractivity contribution is -0.138. The van der Waals surface area contributed by atoms with E-state index in [2.05, 4.69) is 5.32 Å². The van der Waals surface area contributed by atoms with Crippen molar-refractivity contribution in [3.8, 4) is 0 Å². The van der Waals surface area contributed by atoms with Crippen LogP contribution in [0.5, 0.6) is 0 Å². The SMILES string of the molecule is CN1C(=O)N[C@@H](c2ccccc2C(F)(F)F)C2=C1CN(CCC(=O)N1CCCC1)C2=O. The highest BCUT2D eigenvalue weighted by molar-refractivity contribution is 6.01. The average molecular weight is 436 g/mol. The van der Waals surface area contributed by atoms with Crippen LogP contribution in [0.4, 0.5) is 18.0 Å². The summed E-state index contributed by atoms with van der Waals surface area (Å²) >= 11 is 0. The van der Waals surface area contributed by atoms with E-state index in [-0.39, 0.29) is 36.6 Å². The first-order valence-electron chi connectivity index (χ1n) is 10.2. The van der Waals surface area contributed by atoms with Crippen molar-refractivity contribution in [2.24, 2.45) is 0 Å². The monoisotopic (exact) mass is 436 g/mol. The Bertz CT molecular complexity index is 953. The number of hydrogen-bond donors (Lipinski definition) is 1. The van der Waals surface area contributed by atoms with Gasteiger partial charge < -0.3 is 15.1 Å². The molecule has 1 aromatic carbocycles. The lowest BCUT2D eigenvalue weighted by atomic mass is 9.92. The maximum absolute atomic E-state index is 13.6. The van der Waals surface area contributed by atoms with Crippen molar-refractivity contribution < 1.29 is 27.6 Å². The van der Waals surface area contributed by atoms with Crippen molar-refractivity contribution in [2.75, 3.05) is 33.2 Å². The standard InChI is InChI=1S/C21H23F3N4O3/c1-26-15-12-28(11-8-16(29)27-9-4-5-10-27)19(30)17(15)18(25-20(26)31)13-6-2-3-7-14(13)21(22,23)24/h2-3,6-7,18H,4-5,8-12H2,1H3,(H,25,31)/t18-/m0/s1. The van der Waals surface area contributed by atoms with Gasteiger partial charge in [-0.15, -0.1) is 0 Å². The molecular weight excluding hydrogens is 413 g/mol. The van der Waals surface area contributed by atoms with E-state index in [0.29, 0.717) is 18.8 Å². The van der Waals surface area contributed by atoms with Gasteiger partial charge in [-0.05, 0) is 24.5 Å². The highest BCUT2D eigenvalue weighted by atomic mass is 19.4. The largest absolute Gasteiger partial charge is 0.416 e. The topological polar surface area (TPSA) is 73.0 Å². The maximum atomic E-state index is 13.6. The minimum absolute atomic E-state index is 0.0447. The van der Waals surface area contributed by atoms with Gasteiger partial charge in [0.2, 0.25) is 5.91 Å². The van der Waals surface area contributed by atoms with Gasteiger partial charge in [0.05, 0.1) is 29.4 Å². The van der Waals surface area contributed by atoms with Gasteiger partial charge in [0, 0.05) is 33.1 Å². The molecule has 0 aliphatic carbocycles. The number of likely N-dealkylation sites (N-methyl/N-ethyl adjacent to an activating group) is 1. The van der Waals surface area contributed by atoms with Crippen molar-refractivity contribution in [3.63, 3.8) is 0 Å². The van der Waals surface area contributed by atoms with Gasteiger partial charge in [-0.1, -0.05) is 18.2 Å². The number of carbonyl (C=O) groups is 3. The van der Waals surface area contributed by atoms with Crippen molar-refractivity contribution in [2.45, 2.75) is 31.5 Å². The molecule has 4 amide bonds. The minimum Gasteiger partial charge on any atom is -0.343 e. The Morgan fingerprint density at radius 1 is 1.16 bits per heavy atom. The zero-order valence-corrected chi connectivity index (χ0v) is 17.0. The smallest absolute Gasteiger partial charge is 0.343 e. The molecule has 0 radical (unpaired) electrons. The first-order valence-corrected chi connectivity index (χ1v) is 10.2. The van der Waals surface area contributed by atoms with E-state index >= 15 is 0 Å². The van der Waals surface area contributed by atoms with Crippen LogP contribution in [-0.2, 0) is 15.8 Å². The second-order valence-corrected chi connectivity index (χ2v) is 7.95. The van der Waals surface area contributed by atoms with Gasteiger partial charge in [-0.3, -0.25) is 14.5 Å². The summed E-state index contributed by atoms with van der Waals surface area (Å²) in [6.45, 7) is 1.64. The summed E-state index contributed by atoms with van der Waals surface area (Å²) in [5.74, 6) is -0.505. The molecule has 7 nitrogen and oxygen atoms in total. The number of likely N-dealkylation sites (tertiary alicyclic amines) is 1. The summed E-state index contributed by atoms with van der Waals surface area (Å²) in [4.78, 5) is 42.4. The quantitative estimate of drug-likeness (QED) is 0.789. The van der Waals surface area contributed by atoms with Crippen molar-refractivity contribution in [1.29, 1.82) is 0 Å². The molecule has 31 heavy (non-hydrogen) atoms. The van der Waals surface area contributed by atoms with E-state index in [4.69, 9.17) is 0 Å². The fraction of sp³-hybridized carbons (Fsp3) is 0.476. The molecule has 1 aromatic rings. The highest BCUT2D eigenvalue weighted by Gasteiger charge is 2.45. The Labute approximate surface area is 177 Å². The van der Waals surface area contributed by atoms with Crippen LogP contribution < -0.4 is 5.32 Å². The van der Waals surface area contributed by atoms with Gasteiger partial charge in [-0.2, -0.15) is 13.2 Å². The number of benzene rings is 1. The molecule has 4 rings (SSSR count). The van der Waals surface area contributed by atoms with Crippen molar-refractivity contribution in [1.82, 2.24) is 20.0 Å². The molecule has 0 bridgehead atoms. The number of rotatable bonds is 4. The van der Waals surface area contributed by atoms with E-state index in [1.54, 1.807) is 4.90 Å². The lowest BCUT2D eigenvalue weighted by Gasteiger charge is -2.32. The Hall–Kier alpha value is -3.04. The highest BCUT2D eigenvalue weighted by Crippen LogP contribution is 2.41. The fourth-order valence-corrected chi connectivity index (χ4v) is 4.40. The molecule has 1 saturated heterocycles. The van der Waals surface area contributed by atoms with Gasteiger partial charge in [-0.25, -0.2) is 4.79 Å². The predicted molar refractivity (Wildman–Crippen MR) is 105 cm³/mol. The fourth-order valence-electron chi connectivity index (χ4n) is 4.40. The van der Waals surface area contributed by atoms with Crippen LogP contribution in [0.25, 0.3) is 0 Å². The molecule has 1 N–H and O–H groups in total. The molecule has 1 atom stereocenters. The Morgan fingerprint density at radius 3 is 2.52 bits per heavy atom. The first-order chi connectivity index (χ1) is 14.7. The molecular formula is C21H23F3N4O3. The predicted octanol–water partition coefficient (Wildman–Crippen LogP) is 2.51.